The van der Waals surface area contributed by atoms with Crippen LogP contribution in [0.15, 0.2) is 5.16 Å². The Hall–Kier alpha value is -0.770. The van der Waals surface area contributed by atoms with Crippen molar-refractivity contribution in [3.8, 4) is 0 Å². The van der Waals surface area contributed by atoms with E-state index in [4.69, 9.17) is 10.9 Å². The van der Waals surface area contributed by atoms with Crippen molar-refractivity contribution in [1.29, 1.82) is 0 Å². The maximum absolute atomic E-state index is 8.55. The molecule has 16 heavy (non-hydrogen) atoms. The molecule has 1 fully saturated rings. The van der Waals surface area contributed by atoms with Crippen LogP contribution in [0.1, 0.15) is 40.0 Å². The van der Waals surface area contributed by atoms with Gasteiger partial charge in [-0.3, -0.25) is 4.90 Å². The van der Waals surface area contributed by atoms with Crippen molar-refractivity contribution in [2.45, 2.75) is 40.0 Å². The Labute approximate surface area is 98.5 Å². The van der Waals surface area contributed by atoms with Gasteiger partial charge in [-0.2, -0.15) is 0 Å². The summed E-state index contributed by atoms with van der Waals surface area (Å²) in [6.07, 6.45) is 3.71. The molecule has 0 bridgehead atoms. The number of nitrogens with zero attached hydrogens (tertiary/aromatic N) is 2. The number of hydrogen-bond acceptors (Lipinski definition) is 3. The summed E-state index contributed by atoms with van der Waals surface area (Å²) in [5, 5.41) is 11.6. The minimum Gasteiger partial charge on any atom is -0.409 e. The Morgan fingerprint density at radius 2 is 2.06 bits per heavy atom. The van der Waals surface area contributed by atoms with Crippen molar-refractivity contribution < 1.29 is 5.21 Å². The molecule has 0 spiro atoms. The van der Waals surface area contributed by atoms with E-state index in [-0.39, 0.29) is 0 Å². The molecule has 4 heteroatoms. The van der Waals surface area contributed by atoms with E-state index in [0.717, 1.165) is 19.0 Å². The zero-order valence-electron chi connectivity index (χ0n) is 10.7. The maximum atomic E-state index is 8.55. The fraction of sp³-hybridized carbons (Fsp3) is 0.917. The lowest BCUT2D eigenvalue weighted by atomic mass is 9.77. The predicted octanol–water partition coefficient (Wildman–Crippen LogP) is 1.88. The lowest BCUT2D eigenvalue weighted by Gasteiger charge is -2.29. The van der Waals surface area contributed by atoms with Gasteiger partial charge in [-0.05, 0) is 43.7 Å². The number of rotatable bonds is 2. The van der Waals surface area contributed by atoms with Crippen LogP contribution in [0.4, 0.5) is 0 Å². The molecule has 0 radical (unpaired) electrons. The summed E-state index contributed by atoms with van der Waals surface area (Å²) in [5.41, 5.74) is 5.93. The van der Waals surface area contributed by atoms with E-state index in [1.54, 1.807) is 0 Å². The Kier molecular flexibility index (Phi) is 4.59. The first kappa shape index (κ1) is 13.3. The second kappa shape index (κ2) is 5.53. The smallest absolute Gasteiger partial charge is 0.153 e. The van der Waals surface area contributed by atoms with Crippen LogP contribution in [-0.4, -0.2) is 35.6 Å². The second-order valence-corrected chi connectivity index (χ2v) is 5.86. The highest BCUT2D eigenvalue weighted by atomic mass is 16.4. The number of likely N-dealkylation sites (tertiary alicyclic amines) is 1. The molecule has 0 aliphatic carbocycles. The lowest BCUT2D eigenvalue weighted by Crippen LogP contribution is -2.35. The molecule has 94 valence electrons. The summed E-state index contributed by atoms with van der Waals surface area (Å²) in [4.78, 5) is 2.28. The van der Waals surface area contributed by atoms with Crippen LogP contribution in [0.3, 0.4) is 0 Å². The quantitative estimate of drug-likeness (QED) is 0.328. The van der Waals surface area contributed by atoms with Crippen LogP contribution >= 0.6 is 0 Å². The molecule has 1 heterocycles. The second-order valence-electron chi connectivity index (χ2n) is 5.86. The van der Waals surface area contributed by atoms with Crippen molar-refractivity contribution >= 4 is 5.84 Å². The fourth-order valence-corrected chi connectivity index (χ4v) is 2.44. The predicted molar refractivity (Wildman–Crippen MR) is 66.6 cm³/mol. The van der Waals surface area contributed by atoms with Crippen molar-refractivity contribution in [3.05, 3.63) is 0 Å². The van der Waals surface area contributed by atoms with E-state index in [0.29, 0.717) is 17.8 Å². The molecule has 4 nitrogen and oxygen atoms in total. The Bertz CT molecular complexity index is 245. The highest BCUT2D eigenvalue weighted by Gasteiger charge is 2.27. The molecule has 1 rings (SSSR count). The standard InChI is InChI=1S/C12H25N3O/c1-12(2,3)10-5-4-7-15(8-6-10)9-11(13)14-16/h10,16H,4-9H2,1-3H3,(H2,13,14). The molecular weight excluding hydrogens is 202 g/mol. The van der Waals surface area contributed by atoms with E-state index >= 15 is 0 Å². The third-order valence-corrected chi connectivity index (χ3v) is 3.56. The third-order valence-electron chi connectivity index (χ3n) is 3.56. The Balaban J connectivity index is 2.47. The molecule has 1 unspecified atom stereocenters. The van der Waals surface area contributed by atoms with E-state index in [2.05, 4.69) is 30.8 Å². The molecule has 3 N–H and O–H groups in total. The van der Waals surface area contributed by atoms with Gasteiger partial charge in [0.1, 0.15) is 0 Å². The minimum atomic E-state index is 0.314. The molecular formula is C12H25N3O. The van der Waals surface area contributed by atoms with Crippen LogP contribution in [0.25, 0.3) is 0 Å². The summed E-state index contributed by atoms with van der Waals surface area (Å²) in [6, 6.07) is 0. The molecule has 0 amide bonds. The highest BCUT2D eigenvalue weighted by molar-refractivity contribution is 5.81. The fourth-order valence-electron chi connectivity index (χ4n) is 2.44. The number of oxime groups is 1. The van der Waals surface area contributed by atoms with E-state index in [9.17, 15) is 0 Å². The first-order valence-electron chi connectivity index (χ1n) is 6.12. The molecule has 0 aromatic heterocycles. The van der Waals surface area contributed by atoms with Crippen molar-refractivity contribution in [2.24, 2.45) is 22.2 Å². The zero-order chi connectivity index (χ0) is 12.2. The Morgan fingerprint density at radius 3 is 2.62 bits per heavy atom. The van der Waals surface area contributed by atoms with Crippen LogP contribution in [0, 0.1) is 11.3 Å². The van der Waals surface area contributed by atoms with Gasteiger partial charge in [-0.15, -0.1) is 0 Å². The highest BCUT2D eigenvalue weighted by Crippen LogP contribution is 2.34. The molecule has 0 aromatic rings. The van der Waals surface area contributed by atoms with Gasteiger partial charge in [0, 0.05) is 0 Å². The normalized spacial score (nSPS) is 25.4. The number of hydrogen-bond donors (Lipinski definition) is 2. The Morgan fingerprint density at radius 1 is 1.38 bits per heavy atom. The van der Waals surface area contributed by atoms with Crippen LogP contribution in [0.2, 0.25) is 0 Å². The summed E-state index contributed by atoms with van der Waals surface area (Å²) in [6.45, 7) is 9.65. The van der Waals surface area contributed by atoms with Crippen molar-refractivity contribution in [3.63, 3.8) is 0 Å². The first-order valence-corrected chi connectivity index (χ1v) is 6.12. The van der Waals surface area contributed by atoms with Crippen LogP contribution in [0.5, 0.6) is 0 Å². The van der Waals surface area contributed by atoms with Gasteiger partial charge >= 0.3 is 0 Å². The van der Waals surface area contributed by atoms with Gasteiger partial charge in [-0.25, -0.2) is 0 Å². The molecule has 0 aromatic carbocycles. The number of nitrogens with two attached hydrogens (primary N) is 1. The SMILES string of the molecule is CC(C)(C)C1CCCN(CC(N)=NO)CC1. The first-order chi connectivity index (χ1) is 7.43. The molecule has 0 saturated carbocycles. The van der Waals surface area contributed by atoms with E-state index < -0.39 is 0 Å². The average Bonchev–Trinajstić information content (AvgIpc) is 2.42. The monoisotopic (exact) mass is 227 g/mol. The minimum absolute atomic E-state index is 0.314. The van der Waals surface area contributed by atoms with Gasteiger partial charge in [0.2, 0.25) is 0 Å². The average molecular weight is 227 g/mol. The lowest BCUT2D eigenvalue weighted by molar-refractivity contribution is 0.211. The molecule has 1 atom stereocenters. The van der Waals surface area contributed by atoms with Crippen molar-refractivity contribution in [2.75, 3.05) is 19.6 Å². The summed E-state index contributed by atoms with van der Waals surface area (Å²) < 4.78 is 0. The topological polar surface area (TPSA) is 61.8 Å². The molecule has 1 aliphatic rings. The summed E-state index contributed by atoms with van der Waals surface area (Å²) in [5.74, 6) is 1.10. The van der Waals surface area contributed by atoms with Gasteiger partial charge in [-0.1, -0.05) is 25.9 Å². The number of amidine groups is 1. The van der Waals surface area contributed by atoms with Crippen LogP contribution < -0.4 is 5.73 Å². The molecule has 1 saturated heterocycles. The summed E-state index contributed by atoms with van der Waals surface area (Å²) in [7, 11) is 0. The van der Waals surface area contributed by atoms with Gasteiger partial charge in [0.15, 0.2) is 5.84 Å². The van der Waals surface area contributed by atoms with Gasteiger partial charge in [0.25, 0.3) is 0 Å². The van der Waals surface area contributed by atoms with E-state index in [1.165, 1.54) is 19.3 Å². The van der Waals surface area contributed by atoms with E-state index in [1.807, 2.05) is 0 Å². The van der Waals surface area contributed by atoms with Gasteiger partial charge < -0.3 is 10.9 Å². The van der Waals surface area contributed by atoms with Crippen molar-refractivity contribution in [1.82, 2.24) is 4.90 Å². The summed E-state index contributed by atoms with van der Waals surface area (Å²) >= 11 is 0. The molecule has 1 aliphatic heterocycles. The maximum Gasteiger partial charge on any atom is 0.153 e. The van der Waals surface area contributed by atoms with Crippen LogP contribution in [-0.2, 0) is 0 Å². The largest absolute Gasteiger partial charge is 0.409 e. The zero-order valence-corrected chi connectivity index (χ0v) is 10.7. The van der Waals surface area contributed by atoms with Gasteiger partial charge in [0.05, 0.1) is 6.54 Å². The third kappa shape index (κ3) is 4.00.